The van der Waals surface area contributed by atoms with Crippen molar-refractivity contribution in [3.8, 4) is 0 Å². The van der Waals surface area contributed by atoms with Gasteiger partial charge < -0.3 is 10.0 Å². The van der Waals surface area contributed by atoms with E-state index in [0.717, 1.165) is 0 Å². The summed E-state index contributed by atoms with van der Waals surface area (Å²) in [6.45, 7) is 2.95. The molecule has 1 rings (SSSR count). The fraction of sp³-hybridized carbons (Fsp3) is 0.500. The van der Waals surface area contributed by atoms with E-state index < -0.39 is 11.5 Å². The molecule has 0 aliphatic carbocycles. The van der Waals surface area contributed by atoms with Gasteiger partial charge in [0.1, 0.15) is 11.2 Å². The van der Waals surface area contributed by atoms with Gasteiger partial charge >= 0.3 is 5.97 Å². The Labute approximate surface area is 93.5 Å². The van der Waals surface area contributed by atoms with Gasteiger partial charge in [-0.05, 0) is 19.9 Å². The zero-order valence-electron chi connectivity index (χ0n) is 9.76. The molecule has 0 aliphatic rings. The van der Waals surface area contributed by atoms with E-state index in [-0.39, 0.29) is 5.91 Å². The number of carbonyl (C=O) groups excluding carboxylic acids is 1. The van der Waals surface area contributed by atoms with E-state index in [1.54, 1.807) is 13.1 Å². The third kappa shape index (κ3) is 1.91. The van der Waals surface area contributed by atoms with Gasteiger partial charge in [0, 0.05) is 20.3 Å². The first-order chi connectivity index (χ1) is 7.28. The van der Waals surface area contributed by atoms with Crippen LogP contribution in [0.3, 0.4) is 0 Å². The number of likely N-dealkylation sites (N-methyl/N-ethyl adjacent to an activating group) is 1. The Balaban J connectivity index is 3.00. The molecular weight excluding hydrogens is 210 g/mol. The van der Waals surface area contributed by atoms with Crippen LogP contribution in [0.5, 0.6) is 0 Å². The zero-order chi connectivity index (χ0) is 12.5. The predicted molar refractivity (Wildman–Crippen MR) is 57.0 cm³/mol. The number of hydrogen-bond donors (Lipinski definition) is 1. The van der Waals surface area contributed by atoms with Crippen molar-refractivity contribution in [2.45, 2.75) is 19.4 Å². The largest absolute Gasteiger partial charge is 0.480 e. The normalized spacial score (nSPS) is 11.2. The lowest BCUT2D eigenvalue weighted by molar-refractivity contribution is -0.147. The summed E-state index contributed by atoms with van der Waals surface area (Å²) in [4.78, 5) is 24.2. The molecule has 0 fully saturated rings. The van der Waals surface area contributed by atoms with Gasteiger partial charge in [-0.1, -0.05) is 0 Å². The van der Waals surface area contributed by atoms with Crippen molar-refractivity contribution < 1.29 is 14.7 Å². The van der Waals surface area contributed by atoms with E-state index in [9.17, 15) is 9.59 Å². The topological polar surface area (TPSA) is 75.4 Å². The number of rotatable bonds is 3. The summed E-state index contributed by atoms with van der Waals surface area (Å²) in [5, 5.41) is 12.9. The smallest absolute Gasteiger partial charge is 0.329 e. The molecule has 16 heavy (non-hydrogen) atoms. The predicted octanol–water partition coefficient (Wildman–Crippen LogP) is 0.355. The van der Waals surface area contributed by atoms with Crippen LogP contribution in [-0.2, 0) is 11.8 Å². The second-order valence-corrected chi connectivity index (χ2v) is 4.07. The first kappa shape index (κ1) is 12.2. The Morgan fingerprint density at radius 1 is 1.50 bits per heavy atom. The van der Waals surface area contributed by atoms with Gasteiger partial charge in [-0.2, -0.15) is 5.10 Å². The summed E-state index contributed by atoms with van der Waals surface area (Å²) in [5.74, 6) is -1.42. The van der Waals surface area contributed by atoms with Gasteiger partial charge in [0.25, 0.3) is 5.91 Å². The molecule has 0 atom stereocenters. The SMILES string of the molecule is CN(C(=O)c1ccnn1C)C(C)(C)C(=O)O. The molecule has 0 unspecified atom stereocenters. The number of carboxylic acid groups (broad SMARTS) is 1. The number of aliphatic carboxylic acids is 1. The Kier molecular flexibility index (Phi) is 3.02. The molecular formula is C10H15N3O3. The maximum absolute atomic E-state index is 12.0. The second kappa shape index (κ2) is 3.96. The van der Waals surface area contributed by atoms with Crippen LogP contribution in [0.4, 0.5) is 0 Å². The highest BCUT2D eigenvalue weighted by Gasteiger charge is 2.36. The van der Waals surface area contributed by atoms with E-state index in [1.807, 2.05) is 0 Å². The minimum Gasteiger partial charge on any atom is -0.480 e. The van der Waals surface area contributed by atoms with Crippen molar-refractivity contribution in [2.75, 3.05) is 7.05 Å². The molecule has 0 radical (unpaired) electrons. The molecule has 0 saturated carbocycles. The molecule has 0 aliphatic heterocycles. The second-order valence-electron chi connectivity index (χ2n) is 4.07. The highest BCUT2D eigenvalue weighted by Crippen LogP contribution is 2.15. The van der Waals surface area contributed by atoms with E-state index >= 15 is 0 Å². The zero-order valence-corrected chi connectivity index (χ0v) is 9.76. The van der Waals surface area contributed by atoms with Crippen molar-refractivity contribution in [2.24, 2.45) is 7.05 Å². The van der Waals surface area contributed by atoms with Gasteiger partial charge in [0.05, 0.1) is 0 Å². The first-order valence-electron chi connectivity index (χ1n) is 4.78. The average molecular weight is 225 g/mol. The lowest BCUT2D eigenvalue weighted by Gasteiger charge is -2.31. The lowest BCUT2D eigenvalue weighted by atomic mass is 10.0. The van der Waals surface area contributed by atoms with Gasteiger partial charge in [0.2, 0.25) is 0 Å². The average Bonchev–Trinajstić information content (AvgIpc) is 2.61. The molecule has 1 aromatic rings. The maximum Gasteiger partial charge on any atom is 0.329 e. The number of nitrogens with zero attached hydrogens (tertiary/aromatic N) is 3. The number of carbonyl (C=O) groups is 2. The van der Waals surface area contributed by atoms with Crippen LogP contribution in [0.2, 0.25) is 0 Å². The fourth-order valence-corrected chi connectivity index (χ4v) is 1.15. The minimum atomic E-state index is -1.25. The Hall–Kier alpha value is -1.85. The highest BCUT2D eigenvalue weighted by atomic mass is 16.4. The Morgan fingerprint density at radius 2 is 2.06 bits per heavy atom. The molecule has 0 bridgehead atoms. The molecule has 1 aromatic heterocycles. The summed E-state index contributed by atoms with van der Waals surface area (Å²) < 4.78 is 1.41. The van der Waals surface area contributed by atoms with Crippen LogP contribution in [-0.4, -0.2) is 44.3 Å². The summed E-state index contributed by atoms with van der Waals surface area (Å²) >= 11 is 0. The summed E-state index contributed by atoms with van der Waals surface area (Å²) in [5.41, 5.74) is -0.890. The van der Waals surface area contributed by atoms with Crippen LogP contribution >= 0.6 is 0 Å². The molecule has 0 aromatic carbocycles. The molecule has 88 valence electrons. The molecule has 1 N–H and O–H groups in total. The van der Waals surface area contributed by atoms with Crippen molar-refractivity contribution in [1.82, 2.24) is 14.7 Å². The van der Waals surface area contributed by atoms with Crippen molar-refractivity contribution >= 4 is 11.9 Å². The van der Waals surface area contributed by atoms with Crippen molar-refractivity contribution in [3.05, 3.63) is 18.0 Å². The van der Waals surface area contributed by atoms with Crippen LogP contribution in [0.15, 0.2) is 12.3 Å². The molecule has 6 heteroatoms. The van der Waals surface area contributed by atoms with Crippen LogP contribution < -0.4 is 0 Å². The minimum absolute atomic E-state index is 0.358. The summed E-state index contributed by atoms with van der Waals surface area (Å²) in [7, 11) is 3.10. The van der Waals surface area contributed by atoms with Gasteiger partial charge in [0.15, 0.2) is 0 Å². The van der Waals surface area contributed by atoms with Gasteiger partial charge in [-0.3, -0.25) is 9.48 Å². The van der Waals surface area contributed by atoms with Gasteiger partial charge in [-0.25, -0.2) is 4.79 Å². The summed E-state index contributed by atoms with van der Waals surface area (Å²) in [6.07, 6.45) is 1.49. The molecule has 0 saturated heterocycles. The number of aromatic nitrogens is 2. The molecule has 0 spiro atoms. The molecule has 1 heterocycles. The monoisotopic (exact) mass is 225 g/mol. The van der Waals surface area contributed by atoms with E-state index in [1.165, 1.54) is 36.7 Å². The number of aryl methyl sites for hydroxylation is 1. The van der Waals surface area contributed by atoms with Crippen molar-refractivity contribution in [3.63, 3.8) is 0 Å². The molecule has 1 amide bonds. The Bertz CT molecular complexity index is 423. The van der Waals surface area contributed by atoms with E-state index in [2.05, 4.69) is 5.10 Å². The van der Waals surface area contributed by atoms with E-state index in [4.69, 9.17) is 5.11 Å². The quantitative estimate of drug-likeness (QED) is 0.805. The van der Waals surface area contributed by atoms with Crippen molar-refractivity contribution in [1.29, 1.82) is 0 Å². The number of amides is 1. The Morgan fingerprint density at radius 3 is 2.44 bits per heavy atom. The van der Waals surface area contributed by atoms with Crippen LogP contribution in [0.1, 0.15) is 24.3 Å². The lowest BCUT2D eigenvalue weighted by Crippen LogP contribution is -2.51. The standard InChI is InChI=1S/C10H15N3O3/c1-10(2,9(15)16)12(3)8(14)7-5-6-11-13(7)4/h5-6H,1-4H3,(H,15,16). The number of hydrogen-bond acceptors (Lipinski definition) is 3. The fourth-order valence-electron chi connectivity index (χ4n) is 1.15. The van der Waals surface area contributed by atoms with Gasteiger partial charge in [-0.15, -0.1) is 0 Å². The highest BCUT2D eigenvalue weighted by molar-refractivity contribution is 5.96. The first-order valence-corrected chi connectivity index (χ1v) is 4.78. The molecule has 6 nitrogen and oxygen atoms in total. The van der Waals surface area contributed by atoms with Crippen LogP contribution in [0, 0.1) is 0 Å². The van der Waals surface area contributed by atoms with E-state index in [0.29, 0.717) is 5.69 Å². The summed E-state index contributed by atoms with van der Waals surface area (Å²) in [6, 6.07) is 1.55. The third-order valence-electron chi connectivity index (χ3n) is 2.71. The number of carboxylic acids is 1. The maximum atomic E-state index is 12.0. The van der Waals surface area contributed by atoms with Crippen LogP contribution in [0.25, 0.3) is 0 Å². The third-order valence-corrected chi connectivity index (χ3v) is 2.71.